The van der Waals surface area contributed by atoms with Crippen LogP contribution in [-0.2, 0) is 6.54 Å². The molecule has 1 N–H and O–H groups in total. The van der Waals surface area contributed by atoms with E-state index in [1.807, 2.05) is 18.2 Å². The molecule has 4 bridgehead atoms. The molecule has 1 aromatic carbocycles. The second kappa shape index (κ2) is 5.23. The van der Waals surface area contributed by atoms with Crippen LogP contribution in [0.15, 0.2) is 30.3 Å². The molecule has 2 atom stereocenters. The van der Waals surface area contributed by atoms with Crippen molar-refractivity contribution >= 4 is 0 Å². The van der Waals surface area contributed by atoms with Gasteiger partial charge in [-0.15, -0.1) is 0 Å². The van der Waals surface area contributed by atoms with Crippen LogP contribution in [0.2, 0.25) is 0 Å². The molecule has 126 valence electrons. The van der Waals surface area contributed by atoms with Gasteiger partial charge in [0.15, 0.2) is 0 Å². The van der Waals surface area contributed by atoms with E-state index >= 15 is 0 Å². The Balaban J connectivity index is 1.48. The van der Waals surface area contributed by atoms with Crippen molar-refractivity contribution in [1.82, 2.24) is 5.32 Å². The summed E-state index contributed by atoms with van der Waals surface area (Å²) in [6.07, 6.45) is 0.0824. The molecular weight excluding hydrogens is 299 g/mol. The lowest BCUT2D eigenvalue weighted by atomic mass is 9.44. The van der Waals surface area contributed by atoms with E-state index in [0.717, 1.165) is 32.4 Å². The van der Waals surface area contributed by atoms with Crippen molar-refractivity contribution in [1.29, 1.82) is 0 Å². The SMILES string of the molecule is FC(F)(F)C12CC3CC(CC(CNCc4ccccc4)(C3)C1)C2. The van der Waals surface area contributed by atoms with Gasteiger partial charge in [-0.05, 0) is 61.3 Å². The first kappa shape index (κ1) is 15.5. The van der Waals surface area contributed by atoms with Crippen LogP contribution >= 0.6 is 0 Å². The van der Waals surface area contributed by atoms with Crippen molar-refractivity contribution < 1.29 is 13.2 Å². The molecule has 1 nitrogen and oxygen atoms in total. The highest BCUT2D eigenvalue weighted by molar-refractivity contribution is 5.15. The number of hydrogen-bond acceptors (Lipinski definition) is 1. The molecule has 4 aliphatic carbocycles. The molecule has 0 aliphatic heterocycles. The number of alkyl halides is 3. The average molecular weight is 323 g/mol. The van der Waals surface area contributed by atoms with Gasteiger partial charge in [0.05, 0.1) is 5.41 Å². The fraction of sp³-hybridized carbons (Fsp3) is 0.684. The van der Waals surface area contributed by atoms with E-state index in [9.17, 15) is 13.2 Å². The molecule has 0 amide bonds. The van der Waals surface area contributed by atoms with Gasteiger partial charge in [0.2, 0.25) is 0 Å². The van der Waals surface area contributed by atoms with E-state index in [2.05, 4.69) is 17.4 Å². The van der Waals surface area contributed by atoms with E-state index < -0.39 is 11.6 Å². The molecule has 0 aromatic heterocycles. The van der Waals surface area contributed by atoms with Crippen LogP contribution in [0.5, 0.6) is 0 Å². The summed E-state index contributed by atoms with van der Waals surface area (Å²) in [6, 6.07) is 10.1. The summed E-state index contributed by atoms with van der Waals surface area (Å²) < 4.78 is 41.2. The zero-order chi connectivity index (χ0) is 16.1. The van der Waals surface area contributed by atoms with Crippen LogP contribution in [0.4, 0.5) is 13.2 Å². The van der Waals surface area contributed by atoms with Crippen molar-refractivity contribution in [2.24, 2.45) is 22.7 Å². The van der Waals surface area contributed by atoms with Crippen LogP contribution in [0.25, 0.3) is 0 Å². The quantitative estimate of drug-likeness (QED) is 0.829. The highest BCUT2D eigenvalue weighted by Crippen LogP contribution is 2.69. The minimum absolute atomic E-state index is 0.131. The second-order valence-corrected chi connectivity index (χ2v) is 8.33. The Kier molecular flexibility index (Phi) is 3.53. The van der Waals surface area contributed by atoms with Crippen LogP contribution in [0.1, 0.15) is 44.1 Å². The van der Waals surface area contributed by atoms with Gasteiger partial charge < -0.3 is 5.32 Å². The smallest absolute Gasteiger partial charge is 0.312 e. The molecule has 1 aromatic rings. The summed E-state index contributed by atoms with van der Waals surface area (Å²) in [5.41, 5.74) is -0.317. The average Bonchev–Trinajstić information content (AvgIpc) is 2.45. The zero-order valence-corrected chi connectivity index (χ0v) is 13.3. The van der Waals surface area contributed by atoms with Crippen LogP contribution < -0.4 is 5.32 Å². The molecule has 4 saturated carbocycles. The first-order valence-corrected chi connectivity index (χ1v) is 8.71. The van der Waals surface area contributed by atoms with Gasteiger partial charge >= 0.3 is 6.18 Å². The summed E-state index contributed by atoms with van der Waals surface area (Å²) >= 11 is 0. The highest BCUT2D eigenvalue weighted by Gasteiger charge is 2.66. The fourth-order valence-corrected chi connectivity index (χ4v) is 6.06. The first-order valence-electron chi connectivity index (χ1n) is 8.71. The normalized spacial score (nSPS) is 38.9. The van der Waals surface area contributed by atoms with Gasteiger partial charge in [0.25, 0.3) is 0 Å². The van der Waals surface area contributed by atoms with Gasteiger partial charge in [0.1, 0.15) is 0 Å². The summed E-state index contributed by atoms with van der Waals surface area (Å²) in [6.45, 7) is 1.48. The van der Waals surface area contributed by atoms with Crippen molar-refractivity contribution in [3.05, 3.63) is 35.9 Å². The third-order valence-corrected chi connectivity index (χ3v) is 6.46. The van der Waals surface area contributed by atoms with E-state index in [0.29, 0.717) is 19.3 Å². The lowest BCUT2D eigenvalue weighted by Crippen LogP contribution is -2.59. The molecule has 0 radical (unpaired) electrons. The van der Waals surface area contributed by atoms with Gasteiger partial charge in [-0.2, -0.15) is 13.2 Å². The molecule has 23 heavy (non-hydrogen) atoms. The second-order valence-electron chi connectivity index (χ2n) is 8.33. The largest absolute Gasteiger partial charge is 0.394 e. The molecule has 5 rings (SSSR count). The van der Waals surface area contributed by atoms with E-state index in [1.165, 1.54) is 5.56 Å². The molecule has 0 heterocycles. The van der Waals surface area contributed by atoms with Crippen molar-refractivity contribution in [3.8, 4) is 0 Å². The minimum atomic E-state index is -4.03. The Bertz CT molecular complexity index is 552. The molecule has 4 fully saturated rings. The molecule has 0 spiro atoms. The van der Waals surface area contributed by atoms with Crippen molar-refractivity contribution in [2.45, 2.75) is 51.2 Å². The maximum absolute atomic E-state index is 13.7. The molecule has 2 unspecified atom stereocenters. The van der Waals surface area contributed by atoms with E-state index in [1.54, 1.807) is 0 Å². The molecular formula is C19H24F3N. The predicted molar refractivity (Wildman–Crippen MR) is 83.8 cm³/mol. The molecule has 4 aliphatic rings. The van der Waals surface area contributed by atoms with Gasteiger partial charge in [-0.3, -0.25) is 0 Å². The van der Waals surface area contributed by atoms with Crippen molar-refractivity contribution in [3.63, 3.8) is 0 Å². The summed E-state index contributed by atoms with van der Waals surface area (Å²) in [7, 11) is 0. The molecule has 4 heteroatoms. The van der Waals surface area contributed by atoms with E-state index in [4.69, 9.17) is 0 Å². The Morgan fingerprint density at radius 1 is 1.00 bits per heavy atom. The minimum Gasteiger partial charge on any atom is -0.312 e. The topological polar surface area (TPSA) is 12.0 Å². The van der Waals surface area contributed by atoms with Gasteiger partial charge in [0, 0.05) is 13.1 Å². The number of hydrogen-bond donors (Lipinski definition) is 1. The monoisotopic (exact) mass is 323 g/mol. The Hall–Kier alpha value is -1.03. The highest BCUT2D eigenvalue weighted by atomic mass is 19.4. The predicted octanol–water partition coefficient (Wildman–Crippen LogP) is 4.93. The van der Waals surface area contributed by atoms with Crippen LogP contribution in [0, 0.1) is 22.7 Å². The molecule has 0 saturated heterocycles. The Morgan fingerprint density at radius 3 is 2.26 bits per heavy atom. The van der Waals surface area contributed by atoms with Crippen LogP contribution in [0.3, 0.4) is 0 Å². The third kappa shape index (κ3) is 2.69. The van der Waals surface area contributed by atoms with Gasteiger partial charge in [-0.25, -0.2) is 0 Å². The van der Waals surface area contributed by atoms with E-state index in [-0.39, 0.29) is 17.3 Å². The summed E-state index contributed by atoms with van der Waals surface area (Å²) in [4.78, 5) is 0. The fourth-order valence-electron chi connectivity index (χ4n) is 6.06. The maximum atomic E-state index is 13.7. The van der Waals surface area contributed by atoms with Gasteiger partial charge in [-0.1, -0.05) is 30.3 Å². The maximum Gasteiger partial charge on any atom is 0.394 e. The van der Waals surface area contributed by atoms with Crippen LogP contribution in [-0.4, -0.2) is 12.7 Å². The lowest BCUT2D eigenvalue weighted by Gasteiger charge is -2.62. The number of benzene rings is 1. The Labute approximate surface area is 135 Å². The number of halogens is 3. The number of rotatable bonds is 4. The summed E-state index contributed by atoms with van der Waals surface area (Å²) in [5, 5.41) is 3.46. The Morgan fingerprint density at radius 2 is 1.65 bits per heavy atom. The zero-order valence-electron chi connectivity index (χ0n) is 13.3. The van der Waals surface area contributed by atoms with Crippen molar-refractivity contribution in [2.75, 3.05) is 6.54 Å². The first-order chi connectivity index (χ1) is 10.9. The standard InChI is InChI=1S/C19H24F3N/c20-19(21,22)18-9-15-6-16(10-18)8-17(7-15,12-18)13-23-11-14-4-2-1-3-5-14/h1-5,15-16,23H,6-13H2. The third-order valence-electron chi connectivity index (χ3n) is 6.46. The number of nitrogens with one attached hydrogen (secondary N) is 1. The summed E-state index contributed by atoms with van der Waals surface area (Å²) in [5.74, 6) is 0.577. The lowest BCUT2D eigenvalue weighted by molar-refractivity contribution is -0.286.